The lowest BCUT2D eigenvalue weighted by Gasteiger charge is -2.12. The molecule has 3 N–H and O–H groups in total. The number of aromatic nitrogens is 3. The van der Waals surface area contributed by atoms with Crippen molar-refractivity contribution in [2.45, 2.75) is 32.6 Å². The SMILES string of the molecule is CCCCNCC(C)c1cn2c(-c3cccc(C(=O)N(C)C)c3)cnc(N)c2n1. The summed E-state index contributed by atoms with van der Waals surface area (Å²) in [5.74, 6) is 0.608. The van der Waals surface area contributed by atoms with Crippen molar-refractivity contribution in [2.24, 2.45) is 0 Å². The van der Waals surface area contributed by atoms with Crippen LogP contribution in [0.5, 0.6) is 0 Å². The molecule has 2 heterocycles. The number of nitrogens with one attached hydrogen (secondary N) is 1. The fourth-order valence-electron chi connectivity index (χ4n) is 3.26. The average Bonchev–Trinajstić information content (AvgIpc) is 3.17. The topological polar surface area (TPSA) is 88.5 Å². The molecule has 3 aromatic rings. The minimum Gasteiger partial charge on any atom is -0.381 e. The Morgan fingerprint density at radius 3 is 2.86 bits per heavy atom. The van der Waals surface area contributed by atoms with Crippen molar-refractivity contribution < 1.29 is 4.79 Å². The van der Waals surface area contributed by atoms with Crippen LogP contribution in [0.4, 0.5) is 5.82 Å². The van der Waals surface area contributed by atoms with Crippen LogP contribution in [0.3, 0.4) is 0 Å². The summed E-state index contributed by atoms with van der Waals surface area (Å²) in [6.07, 6.45) is 6.10. The summed E-state index contributed by atoms with van der Waals surface area (Å²) in [7, 11) is 3.49. The number of fused-ring (bicyclic) bond motifs is 1. The molecule has 7 nitrogen and oxygen atoms in total. The number of carbonyl (C=O) groups excluding carboxylic acids is 1. The summed E-state index contributed by atoms with van der Waals surface area (Å²) in [5.41, 5.74) is 10.1. The van der Waals surface area contributed by atoms with Crippen molar-refractivity contribution >= 4 is 17.4 Å². The first-order chi connectivity index (χ1) is 13.9. The fourth-order valence-corrected chi connectivity index (χ4v) is 3.26. The van der Waals surface area contributed by atoms with E-state index in [1.807, 2.05) is 34.9 Å². The molecule has 0 aliphatic heterocycles. The molecule has 154 valence electrons. The van der Waals surface area contributed by atoms with Crippen molar-refractivity contribution in [3.8, 4) is 11.3 Å². The maximum absolute atomic E-state index is 12.4. The van der Waals surface area contributed by atoms with Gasteiger partial charge in [0.25, 0.3) is 5.91 Å². The van der Waals surface area contributed by atoms with Crippen molar-refractivity contribution in [1.29, 1.82) is 0 Å². The van der Waals surface area contributed by atoms with E-state index in [1.165, 1.54) is 12.8 Å². The van der Waals surface area contributed by atoms with Gasteiger partial charge in [0.05, 0.1) is 17.6 Å². The van der Waals surface area contributed by atoms with Gasteiger partial charge >= 0.3 is 0 Å². The molecular formula is C22H30N6O. The largest absolute Gasteiger partial charge is 0.381 e. The zero-order valence-electron chi connectivity index (χ0n) is 17.6. The molecule has 2 aromatic heterocycles. The van der Waals surface area contributed by atoms with Crippen LogP contribution in [0.2, 0.25) is 0 Å². The van der Waals surface area contributed by atoms with Gasteiger partial charge in [-0.05, 0) is 25.1 Å². The van der Waals surface area contributed by atoms with E-state index >= 15 is 0 Å². The summed E-state index contributed by atoms with van der Waals surface area (Å²) in [4.78, 5) is 23.0. The van der Waals surface area contributed by atoms with Crippen LogP contribution >= 0.6 is 0 Å². The summed E-state index contributed by atoms with van der Waals surface area (Å²) in [6, 6.07) is 7.54. The lowest BCUT2D eigenvalue weighted by Crippen LogP contribution is -2.21. The van der Waals surface area contributed by atoms with Gasteiger partial charge in [0.2, 0.25) is 0 Å². The number of nitrogens with two attached hydrogens (primary N) is 1. The van der Waals surface area contributed by atoms with E-state index in [1.54, 1.807) is 25.2 Å². The zero-order valence-corrected chi connectivity index (χ0v) is 17.6. The number of anilines is 1. The third-order valence-electron chi connectivity index (χ3n) is 5.01. The van der Waals surface area contributed by atoms with Gasteiger partial charge in [0.1, 0.15) is 0 Å². The first-order valence-electron chi connectivity index (χ1n) is 10.1. The van der Waals surface area contributed by atoms with Gasteiger partial charge in [-0.25, -0.2) is 9.97 Å². The Balaban J connectivity index is 1.96. The van der Waals surface area contributed by atoms with E-state index in [9.17, 15) is 4.79 Å². The molecular weight excluding hydrogens is 364 g/mol. The van der Waals surface area contributed by atoms with Crippen LogP contribution in [0, 0.1) is 0 Å². The first kappa shape index (κ1) is 20.8. The average molecular weight is 395 g/mol. The number of carbonyl (C=O) groups is 1. The van der Waals surface area contributed by atoms with Gasteiger partial charge in [0, 0.05) is 43.9 Å². The van der Waals surface area contributed by atoms with Crippen LogP contribution in [0.15, 0.2) is 36.7 Å². The molecule has 29 heavy (non-hydrogen) atoms. The van der Waals surface area contributed by atoms with Crippen molar-refractivity contribution in [1.82, 2.24) is 24.6 Å². The van der Waals surface area contributed by atoms with Gasteiger partial charge < -0.3 is 16.0 Å². The summed E-state index contributed by atoms with van der Waals surface area (Å²) in [6.45, 7) is 6.21. The highest BCUT2D eigenvalue weighted by Gasteiger charge is 2.16. The molecule has 0 radical (unpaired) electrons. The Morgan fingerprint density at radius 2 is 2.14 bits per heavy atom. The number of amides is 1. The number of hydrogen-bond acceptors (Lipinski definition) is 5. The van der Waals surface area contributed by atoms with Crippen LogP contribution in [-0.2, 0) is 0 Å². The minimum atomic E-state index is -0.0374. The number of imidazole rings is 1. The van der Waals surface area contributed by atoms with Gasteiger partial charge in [-0.15, -0.1) is 0 Å². The van der Waals surface area contributed by atoms with Crippen molar-refractivity contribution in [3.63, 3.8) is 0 Å². The number of nitrogen functional groups attached to an aromatic ring is 1. The number of nitrogens with zero attached hydrogens (tertiary/aromatic N) is 4. The predicted octanol–water partition coefficient (Wildman–Crippen LogP) is 3.17. The maximum atomic E-state index is 12.4. The lowest BCUT2D eigenvalue weighted by molar-refractivity contribution is 0.0827. The van der Waals surface area contributed by atoms with E-state index in [2.05, 4.69) is 24.1 Å². The lowest BCUT2D eigenvalue weighted by atomic mass is 10.1. The Hall–Kier alpha value is -2.93. The number of unbranched alkanes of at least 4 members (excludes halogenated alkanes) is 1. The second-order valence-electron chi connectivity index (χ2n) is 7.63. The molecule has 1 amide bonds. The van der Waals surface area contributed by atoms with Crippen LogP contribution in [0.25, 0.3) is 16.9 Å². The number of benzene rings is 1. The highest BCUT2D eigenvalue weighted by Crippen LogP contribution is 2.26. The van der Waals surface area contributed by atoms with Gasteiger partial charge in [-0.2, -0.15) is 0 Å². The third kappa shape index (κ3) is 4.56. The standard InChI is InChI=1S/C22H30N6O/c1-5-6-10-24-12-15(2)18-14-28-19(13-25-20(23)21(28)26-18)16-8-7-9-17(11-16)22(29)27(3)4/h7-9,11,13-15,24H,5-6,10,12H2,1-4H3,(H2,23,25). The molecule has 0 saturated heterocycles. The maximum Gasteiger partial charge on any atom is 0.253 e. The molecule has 1 atom stereocenters. The number of hydrogen-bond donors (Lipinski definition) is 2. The normalized spacial score (nSPS) is 12.3. The molecule has 1 aromatic carbocycles. The molecule has 0 aliphatic carbocycles. The van der Waals surface area contributed by atoms with Gasteiger partial charge in [0.15, 0.2) is 11.5 Å². The van der Waals surface area contributed by atoms with Gasteiger partial charge in [-0.3, -0.25) is 9.20 Å². The van der Waals surface area contributed by atoms with E-state index in [0.29, 0.717) is 17.0 Å². The summed E-state index contributed by atoms with van der Waals surface area (Å²) < 4.78 is 1.97. The summed E-state index contributed by atoms with van der Waals surface area (Å²) in [5, 5.41) is 3.48. The Bertz CT molecular complexity index is 994. The summed E-state index contributed by atoms with van der Waals surface area (Å²) >= 11 is 0. The van der Waals surface area contributed by atoms with E-state index in [4.69, 9.17) is 10.7 Å². The quantitative estimate of drug-likeness (QED) is 0.573. The molecule has 0 bridgehead atoms. The highest BCUT2D eigenvalue weighted by molar-refractivity contribution is 5.95. The second-order valence-corrected chi connectivity index (χ2v) is 7.63. The Morgan fingerprint density at radius 1 is 1.34 bits per heavy atom. The monoisotopic (exact) mass is 394 g/mol. The molecule has 0 saturated carbocycles. The van der Waals surface area contributed by atoms with E-state index in [-0.39, 0.29) is 11.8 Å². The smallest absolute Gasteiger partial charge is 0.253 e. The Kier molecular flexibility index (Phi) is 6.49. The van der Waals surface area contributed by atoms with Gasteiger partial charge in [-0.1, -0.05) is 32.4 Å². The first-order valence-corrected chi connectivity index (χ1v) is 10.1. The molecule has 0 aliphatic rings. The molecule has 1 unspecified atom stereocenters. The van der Waals surface area contributed by atoms with Crippen LogP contribution in [-0.4, -0.2) is 52.4 Å². The van der Waals surface area contributed by atoms with E-state index < -0.39 is 0 Å². The Labute approximate surface area is 172 Å². The van der Waals surface area contributed by atoms with Crippen LogP contribution in [0.1, 0.15) is 48.7 Å². The van der Waals surface area contributed by atoms with E-state index in [0.717, 1.165) is 30.0 Å². The van der Waals surface area contributed by atoms with Crippen molar-refractivity contribution in [3.05, 3.63) is 47.9 Å². The zero-order chi connectivity index (χ0) is 21.0. The predicted molar refractivity (Wildman–Crippen MR) is 117 cm³/mol. The third-order valence-corrected chi connectivity index (χ3v) is 5.01. The van der Waals surface area contributed by atoms with Crippen molar-refractivity contribution in [2.75, 3.05) is 32.9 Å². The second kappa shape index (κ2) is 9.05. The highest BCUT2D eigenvalue weighted by atomic mass is 16.2. The molecule has 0 spiro atoms. The van der Waals surface area contributed by atoms with Crippen LogP contribution < -0.4 is 11.1 Å². The molecule has 3 rings (SSSR count). The minimum absolute atomic E-state index is 0.0374. The molecule has 0 fully saturated rings. The fraction of sp³-hybridized carbons (Fsp3) is 0.409. The molecule has 7 heteroatoms. The number of rotatable bonds is 8.